The highest BCUT2D eigenvalue weighted by Crippen LogP contribution is 2.37. The van der Waals surface area contributed by atoms with E-state index in [-0.39, 0.29) is 23.3 Å². The average molecular weight is 439 g/mol. The van der Waals surface area contributed by atoms with Crippen LogP contribution in [0.1, 0.15) is 50.5 Å². The van der Waals surface area contributed by atoms with Gasteiger partial charge in [0.05, 0.1) is 10.8 Å². The zero-order valence-electron chi connectivity index (χ0n) is 17.1. The highest BCUT2D eigenvalue weighted by molar-refractivity contribution is 7.89. The maximum absolute atomic E-state index is 13.2. The van der Waals surface area contributed by atoms with E-state index in [9.17, 15) is 13.2 Å². The molecule has 3 aliphatic rings. The van der Waals surface area contributed by atoms with Crippen LogP contribution in [0.2, 0.25) is 5.02 Å². The van der Waals surface area contributed by atoms with Gasteiger partial charge in [0.25, 0.3) is 0 Å². The lowest BCUT2D eigenvalue weighted by Crippen LogP contribution is -2.50. The van der Waals surface area contributed by atoms with E-state index in [0.29, 0.717) is 23.0 Å². The van der Waals surface area contributed by atoms with Gasteiger partial charge in [-0.25, -0.2) is 8.42 Å². The first-order valence-corrected chi connectivity index (χ1v) is 12.7. The zero-order chi connectivity index (χ0) is 20.6. The highest BCUT2D eigenvalue weighted by Gasteiger charge is 2.39. The molecule has 1 aromatic rings. The van der Waals surface area contributed by atoms with Crippen molar-refractivity contribution in [1.82, 2.24) is 9.21 Å². The Morgan fingerprint density at radius 3 is 2.55 bits per heavy atom. The number of hydrogen-bond acceptors (Lipinski definition) is 3. The maximum atomic E-state index is 13.2. The van der Waals surface area contributed by atoms with Gasteiger partial charge in [-0.2, -0.15) is 4.31 Å². The smallest absolute Gasteiger partial charge is 0.243 e. The van der Waals surface area contributed by atoms with E-state index in [1.807, 2.05) is 4.90 Å². The van der Waals surface area contributed by atoms with Gasteiger partial charge in [-0.15, -0.1) is 0 Å². The summed E-state index contributed by atoms with van der Waals surface area (Å²) in [6, 6.07) is 4.98. The van der Waals surface area contributed by atoms with Gasteiger partial charge in [0.1, 0.15) is 0 Å². The number of piperidine rings is 2. The number of rotatable bonds is 3. The Balaban J connectivity index is 1.46. The number of sulfonamides is 1. The summed E-state index contributed by atoms with van der Waals surface area (Å²) < 4.78 is 28.0. The summed E-state index contributed by atoms with van der Waals surface area (Å²) >= 11 is 6.15. The summed E-state index contributed by atoms with van der Waals surface area (Å²) in [5, 5.41) is 0.450. The predicted octanol–water partition coefficient (Wildman–Crippen LogP) is 4.09. The molecule has 160 valence electrons. The number of carbonyl (C=O) groups is 1. The number of amides is 1. The van der Waals surface area contributed by atoms with Crippen LogP contribution in [0.5, 0.6) is 0 Å². The summed E-state index contributed by atoms with van der Waals surface area (Å²) in [5.74, 6) is 1.33. The molecule has 1 amide bonds. The van der Waals surface area contributed by atoms with Crippen LogP contribution in [0.25, 0.3) is 0 Å². The third kappa shape index (κ3) is 4.21. The molecule has 4 rings (SSSR count). The number of benzene rings is 1. The van der Waals surface area contributed by atoms with Crippen LogP contribution in [0.3, 0.4) is 0 Å². The van der Waals surface area contributed by atoms with E-state index in [4.69, 9.17) is 11.6 Å². The molecule has 2 saturated heterocycles. The Kier molecular flexibility index (Phi) is 6.24. The molecule has 0 unspecified atom stereocenters. The third-order valence-corrected chi connectivity index (χ3v) is 9.59. The van der Waals surface area contributed by atoms with Gasteiger partial charge in [0.15, 0.2) is 0 Å². The van der Waals surface area contributed by atoms with E-state index >= 15 is 0 Å². The van der Waals surface area contributed by atoms with Crippen molar-refractivity contribution in [2.24, 2.45) is 17.8 Å². The summed E-state index contributed by atoms with van der Waals surface area (Å²) in [4.78, 5) is 15.5. The lowest BCUT2D eigenvalue weighted by Gasteiger charge is -2.43. The topological polar surface area (TPSA) is 57.7 Å². The molecular weight excluding hydrogens is 408 g/mol. The van der Waals surface area contributed by atoms with Crippen LogP contribution in [0.4, 0.5) is 0 Å². The third-order valence-electron chi connectivity index (χ3n) is 7.17. The fraction of sp³-hybridized carbons (Fsp3) is 0.682. The quantitative estimate of drug-likeness (QED) is 0.714. The number of nitrogens with zero attached hydrogens (tertiary/aromatic N) is 2. The van der Waals surface area contributed by atoms with Crippen molar-refractivity contribution in [2.75, 3.05) is 26.2 Å². The molecular formula is C22H31ClN2O3S. The van der Waals surface area contributed by atoms with Crippen LogP contribution in [0, 0.1) is 24.7 Å². The van der Waals surface area contributed by atoms with Gasteiger partial charge in [0.2, 0.25) is 15.9 Å². The molecule has 1 saturated carbocycles. The minimum absolute atomic E-state index is 0.150. The highest BCUT2D eigenvalue weighted by atomic mass is 35.5. The molecule has 1 aliphatic carbocycles. The Morgan fingerprint density at radius 2 is 1.76 bits per heavy atom. The molecule has 1 aromatic carbocycles. The van der Waals surface area contributed by atoms with Crippen molar-refractivity contribution in [3.05, 3.63) is 28.8 Å². The molecule has 3 atom stereocenters. The summed E-state index contributed by atoms with van der Waals surface area (Å²) in [5.41, 5.74) is 0.571. The lowest BCUT2D eigenvalue weighted by molar-refractivity contribution is -0.139. The Morgan fingerprint density at radius 1 is 1.00 bits per heavy atom. The van der Waals surface area contributed by atoms with Crippen LogP contribution in [0.15, 0.2) is 23.1 Å². The molecule has 0 spiro atoms. The van der Waals surface area contributed by atoms with Gasteiger partial charge in [0, 0.05) is 31.2 Å². The molecule has 5 nitrogen and oxygen atoms in total. The second kappa shape index (κ2) is 8.56. The molecule has 0 radical (unpaired) electrons. The fourth-order valence-electron chi connectivity index (χ4n) is 5.43. The first-order chi connectivity index (χ1) is 13.9. The van der Waals surface area contributed by atoms with Gasteiger partial charge >= 0.3 is 0 Å². The Hall–Kier alpha value is -1.11. The summed E-state index contributed by atoms with van der Waals surface area (Å²) in [6.07, 6.45) is 7.73. The van der Waals surface area contributed by atoms with Crippen molar-refractivity contribution in [3.8, 4) is 0 Å². The second-order valence-corrected chi connectivity index (χ2v) is 11.3. The van der Waals surface area contributed by atoms with E-state index < -0.39 is 10.0 Å². The molecule has 29 heavy (non-hydrogen) atoms. The fourth-order valence-corrected chi connectivity index (χ4v) is 7.43. The lowest BCUT2D eigenvalue weighted by atomic mass is 9.75. The predicted molar refractivity (Wildman–Crippen MR) is 114 cm³/mol. The van der Waals surface area contributed by atoms with Crippen molar-refractivity contribution < 1.29 is 13.2 Å². The monoisotopic (exact) mass is 438 g/mol. The standard InChI is InChI=1S/C22H31ClN2O3S/c1-16-20(23)9-4-10-21(16)29(27,28)25-12-5-8-19(15-25)22(26)24-13-11-17-6-2-3-7-18(17)14-24/h4,9-10,17-19H,2-3,5-8,11-15H2,1H3/t17-,18-,19+/m1/s1. The maximum Gasteiger partial charge on any atom is 0.243 e. The van der Waals surface area contributed by atoms with Crippen LogP contribution in [-0.2, 0) is 14.8 Å². The summed E-state index contributed by atoms with van der Waals surface area (Å²) in [7, 11) is -3.65. The van der Waals surface area contributed by atoms with Crippen molar-refractivity contribution >= 4 is 27.5 Å². The van der Waals surface area contributed by atoms with Gasteiger partial charge in [-0.05, 0) is 62.1 Å². The number of likely N-dealkylation sites (tertiary alicyclic amines) is 1. The van der Waals surface area contributed by atoms with Crippen molar-refractivity contribution in [2.45, 2.75) is 56.8 Å². The minimum atomic E-state index is -3.65. The largest absolute Gasteiger partial charge is 0.342 e. The Labute approximate surface area is 179 Å². The van der Waals surface area contributed by atoms with Gasteiger partial charge < -0.3 is 4.90 Å². The van der Waals surface area contributed by atoms with Gasteiger partial charge in [-0.3, -0.25) is 4.79 Å². The SMILES string of the molecule is Cc1c(Cl)cccc1S(=O)(=O)N1CCC[C@H](C(=O)N2CC[C@H]3CCCC[C@@H]3C2)C1. The van der Waals surface area contributed by atoms with E-state index in [1.54, 1.807) is 25.1 Å². The van der Waals surface area contributed by atoms with Crippen LogP contribution in [-0.4, -0.2) is 49.7 Å². The molecule has 0 aromatic heterocycles. The molecule has 0 N–H and O–H groups in total. The van der Waals surface area contributed by atoms with E-state index in [1.165, 1.54) is 30.0 Å². The number of carbonyl (C=O) groups excluding carboxylic acids is 1. The molecule has 2 heterocycles. The Bertz CT molecular complexity index is 873. The molecule has 0 bridgehead atoms. The second-order valence-electron chi connectivity index (χ2n) is 8.94. The normalized spacial score (nSPS) is 28.8. The van der Waals surface area contributed by atoms with Crippen molar-refractivity contribution in [3.63, 3.8) is 0 Å². The van der Waals surface area contributed by atoms with Crippen LogP contribution < -0.4 is 0 Å². The average Bonchev–Trinajstić information content (AvgIpc) is 2.74. The first kappa shape index (κ1) is 21.1. The molecule has 2 aliphatic heterocycles. The number of halogens is 1. The summed E-state index contributed by atoms with van der Waals surface area (Å²) in [6.45, 7) is 4.16. The zero-order valence-corrected chi connectivity index (χ0v) is 18.7. The molecule has 7 heteroatoms. The van der Waals surface area contributed by atoms with Crippen LogP contribution >= 0.6 is 11.6 Å². The van der Waals surface area contributed by atoms with E-state index in [2.05, 4.69) is 0 Å². The number of fused-ring (bicyclic) bond motifs is 1. The molecule has 3 fully saturated rings. The minimum Gasteiger partial charge on any atom is -0.342 e. The first-order valence-electron chi connectivity index (χ1n) is 10.9. The van der Waals surface area contributed by atoms with Crippen molar-refractivity contribution in [1.29, 1.82) is 0 Å². The van der Waals surface area contributed by atoms with Gasteiger partial charge in [-0.1, -0.05) is 36.9 Å². The van der Waals surface area contributed by atoms with E-state index in [0.717, 1.165) is 38.3 Å². The number of hydrogen-bond donors (Lipinski definition) is 0.